The molecular formula is C9H7BrF3N5S. The third kappa shape index (κ3) is 2.75. The molecule has 2 rings (SSSR count). The van der Waals surface area contributed by atoms with Crippen molar-refractivity contribution in [1.29, 1.82) is 0 Å². The summed E-state index contributed by atoms with van der Waals surface area (Å²) in [6, 6.07) is -0.537. The number of amidine groups is 1. The molecule has 2 heterocycles. The second kappa shape index (κ2) is 5.10. The predicted molar refractivity (Wildman–Crippen MR) is 70.4 cm³/mol. The van der Waals surface area contributed by atoms with Crippen LogP contribution in [0.2, 0.25) is 0 Å². The molecule has 2 aliphatic rings. The molecule has 19 heavy (non-hydrogen) atoms. The molecule has 0 bridgehead atoms. The fourth-order valence-corrected chi connectivity index (χ4v) is 3.22. The summed E-state index contributed by atoms with van der Waals surface area (Å²) in [6.45, 7) is 1.66. The number of azide groups is 1. The second-order valence-corrected chi connectivity index (χ2v) is 5.56. The number of fused-ring (bicyclic) bond motifs is 1. The molecule has 1 atom stereocenters. The van der Waals surface area contributed by atoms with Crippen LogP contribution in [0.1, 0.15) is 6.92 Å². The summed E-state index contributed by atoms with van der Waals surface area (Å²) >= 11 is 4.11. The average molecular weight is 354 g/mol. The van der Waals surface area contributed by atoms with E-state index in [1.165, 1.54) is 0 Å². The molecular weight excluding hydrogens is 347 g/mol. The third-order valence-electron chi connectivity index (χ3n) is 2.50. The van der Waals surface area contributed by atoms with E-state index in [0.717, 1.165) is 22.1 Å². The molecule has 0 aromatic carbocycles. The summed E-state index contributed by atoms with van der Waals surface area (Å²) in [6.07, 6.45) is -4.41. The van der Waals surface area contributed by atoms with Crippen molar-refractivity contribution < 1.29 is 13.2 Å². The average Bonchev–Trinajstić information content (AvgIpc) is 2.70. The van der Waals surface area contributed by atoms with Gasteiger partial charge in [0.05, 0.1) is 18.3 Å². The number of hydrogen-bond acceptors (Lipinski definition) is 4. The number of halogens is 4. The van der Waals surface area contributed by atoms with Crippen LogP contribution in [0.15, 0.2) is 31.4 Å². The van der Waals surface area contributed by atoms with E-state index in [1.54, 1.807) is 6.92 Å². The van der Waals surface area contributed by atoms with Crippen LogP contribution in [0.25, 0.3) is 10.4 Å². The maximum absolute atomic E-state index is 12.8. The first kappa shape index (κ1) is 14.3. The van der Waals surface area contributed by atoms with Gasteiger partial charge in [-0.2, -0.15) is 13.2 Å². The minimum Gasteiger partial charge on any atom is -0.311 e. The van der Waals surface area contributed by atoms with Gasteiger partial charge >= 0.3 is 6.18 Å². The van der Waals surface area contributed by atoms with Gasteiger partial charge in [0.2, 0.25) is 0 Å². The number of thioether (sulfide) groups is 1. The van der Waals surface area contributed by atoms with Crippen molar-refractivity contribution in [3.8, 4) is 0 Å². The fraction of sp³-hybridized carbons (Fsp3) is 0.444. The Morgan fingerprint density at radius 3 is 2.89 bits per heavy atom. The Morgan fingerprint density at radius 2 is 2.32 bits per heavy atom. The molecule has 10 heteroatoms. The Morgan fingerprint density at radius 1 is 1.63 bits per heavy atom. The van der Waals surface area contributed by atoms with Crippen molar-refractivity contribution in [3.63, 3.8) is 0 Å². The Kier molecular flexibility index (Phi) is 3.84. The first-order chi connectivity index (χ1) is 8.84. The van der Waals surface area contributed by atoms with Crippen molar-refractivity contribution >= 4 is 32.9 Å². The zero-order valence-electron chi connectivity index (χ0n) is 9.52. The zero-order valence-corrected chi connectivity index (χ0v) is 11.9. The van der Waals surface area contributed by atoms with Gasteiger partial charge in [0.15, 0.2) is 5.17 Å². The lowest BCUT2D eigenvalue weighted by atomic mass is 10.2. The number of rotatable bonds is 2. The van der Waals surface area contributed by atoms with Crippen molar-refractivity contribution in [1.82, 2.24) is 4.90 Å². The Balaban J connectivity index is 2.30. The lowest BCUT2D eigenvalue weighted by Crippen LogP contribution is -2.35. The molecule has 0 aliphatic carbocycles. The smallest absolute Gasteiger partial charge is 0.311 e. The summed E-state index contributed by atoms with van der Waals surface area (Å²) in [7, 11) is 0. The molecule has 0 radical (unpaired) electrons. The number of aliphatic imine (C=N–C) groups is 1. The van der Waals surface area contributed by atoms with Gasteiger partial charge in [0.25, 0.3) is 0 Å². The largest absolute Gasteiger partial charge is 0.432 e. The van der Waals surface area contributed by atoms with Gasteiger partial charge in [-0.3, -0.25) is 0 Å². The topological polar surface area (TPSA) is 64.4 Å². The SMILES string of the molecule is CC(N=[N+]=[N-])C1=C(Br)CN2C(C(F)(F)F)=CSC2=N1. The summed E-state index contributed by atoms with van der Waals surface area (Å²) in [5.41, 5.74) is 8.11. The summed E-state index contributed by atoms with van der Waals surface area (Å²) < 4.78 is 38.8. The van der Waals surface area contributed by atoms with E-state index in [4.69, 9.17) is 5.53 Å². The van der Waals surface area contributed by atoms with E-state index in [1.807, 2.05) is 0 Å². The molecule has 0 N–H and O–H groups in total. The molecule has 1 unspecified atom stereocenters. The summed E-state index contributed by atoms with van der Waals surface area (Å²) in [5.74, 6) is 0. The van der Waals surface area contributed by atoms with Crippen molar-refractivity contribution in [2.24, 2.45) is 10.1 Å². The van der Waals surface area contributed by atoms with E-state index >= 15 is 0 Å². The summed E-state index contributed by atoms with van der Waals surface area (Å²) in [5, 5.41) is 4.77. The summed E-state index contributed by atoms with van der Waals surface area (Å²) in [4.78, 5) is 7.89. The maximum atomic E-state index is 12.8. The van der Waals surface area contributed by atoms with Crippen LogP contribution in [0.3, 0.4) is 0 Å². The van der Waals surface area contributed by atoms with Crippen LogP contribution in [-0.2, 0) is 0 Å². The maximum Gasteiger partial charge on any atom is 0.432 e. The van der Waals surface area contributed by atoms with Crippen LogP contribution in [0.4, 0.5) is 13.2 Å². The van der Waals surface area contributed by atoms with Gasteiger partial charge in [0, 0.05) is 14.8 Å². The lowest BCUT2D eigenvalue weighted by Gasteiger charge is -2.28. The molecule has 0 aromatic heterocycles. The normalized spacial score (nSPS) is 20.6. The standard InChI is InChI=1S/C9H7BrF3N5S/c1-4(16-17-14)7-5(10)2-18-6(9(11,12)13)3-19-8(18)15-7/h3-4H,2H2,1H3. The highest BCUT2D eigenvalue weighted by atomic mass is 79.9. The van der Waals surface area contributed by atoms with E-state index in [9.17, 15) is 13.2 Å². The van der Waals surface area contributed by atoms with Gasteiger partial charge in [-0.05, 0) is 5.53 Å². The predicted octanol–water partition coefficient (Wildman–Crippen LogP) is 4.11. The van der Waals surface area contributed by atoms with E-state index < -0.39 is 17.9 Å². The van der Waals surface area contributed by atoms with Crippen molar-refractivity contribution in [2.45, 2.75) is 19.1 Å². The highest BCUT2D eigenvalue weighted by molar-refractivity contribution is 9.11. The zero-order chi connectivity index (χ0) is 14.2. The van der Waals surface area contributed by atoms with Gasteiger partial charge in [-0.25, -0.2) is 4.99 Å². The Bertz CT molecular complexity index is 547. The van der Waals surface area contributed by atoms with Gasteiger partial charge in [-0.1, -0.05) is 39.7 Å². The monoisotopic (exact) mass is 353 g/mol. The Labute approximate surface area is 119 Å². The van der Waals surface area contributed by atoms with Gasteiger partial charge in [-0.15, -0.1) is 0 Å². The van der Waals surface area contributed by atoms with Crippen LogP contribution in [-0.4, -0.2) is 28.8 Å². The quantitative estimate of drug-likeness (QED) is 0.426. The first-order valence-electron chi connectivity index (χ1n) is 5.07. The number of nitrogens with zero attached hydrogens (tertiary/aromatic N) is 5. The van der Waals surface area contributed by atoms with E-state index in [0.29, 0.717) is 10.2 Å². The van der Waals surface area contributed by atoms with Crippen LogP contribution in [0, 0.1) is 0 Å². The molecule has 0 aromatic rings. The van der Waals surface area contributed by atoms with Crippen LogP contribution < -0.4 is 0 Å². The number of allylic oxidation sites excluding steroid dienone is 1. The second-order valence-electron chi connectivity index (χ2n) is 3.77. The Hall–Kier alpha value is -1.12. The molecule has 0 saturated carbocycles. The minimum absolute atomic E-state index is 0.0256. The lowest BCUT2D eigenvalue weighted by molar-refractivity contribution is -0.104. The molecule has 0 spiro atoms. The fourth-order valence-electron chi connectivity index (χ4n) is 1.63. The van der Waals surface area contributed by atoms with Crippen molar-refractivity contribution in [2.75, 3.05) is 6.54 Å². The molecule has 0 fully saturated rings. The molecule has 0 amide bonds. The molecule has 2 aliphatic heterocycles. The van der Waals surface area contributed by atoms with Gasteiger partial charge < -0.3 is 4.90 Å². The first-order valence-corrected chi connectivity index (χ1v) is 6.75. The highest BCUT2D eigenvalue weighted by Gasteiger charge is 2.44. The minimum atomic E-state index is -4.41. The van der Waals surface area contributed by atoms with Gasteiger partial charge in [0.1, 0.15) is 5.70 Å². The van der Waals surface area contributed by atoms with E-state index in [-0.39, 0.29) is 11.7 Å². The van der Waals surface area contributed by atoms with Crippen LogP contribution in [0.5, 0.6) is 0 Å². The van der Waals surface area contributed by atoms with Crippen molar-refractivity contribution in [3.05, 3.63) is 31.7 Å². The van der Waals surface area contributed by atoms with E-state index in [2.05, 4.69) is 30.9 Å². The number of alkyl halides is 3. The highest BCUT2D eigenvalue weighted by Crippen LogP contribution is 2.41. The molecule has 0 saturated heterocycles. The van der Waals surface area contributed by atoms with Crippen LogP contribution >= 0.6 is 27.7 Å². The molecule has 102 valence electrons. The third-order valence-corrected chi connectivity index (χ3v) is 4.02. The molecule has 5 nitrogen and oxygen atoms in total. The number of hydrogen-bond donors (Lipinski definition) is 0.